The Balaban J connectivity index is 2.91. The number of hydrogen-bond acceptors (Lipinski definition) is 0. The summed E-state index contributed by atoms with van der Waals surface area (Å²) in [4.78, 5) is 0. The molecule has 0 saturated carbocycles. The molecule has 0 aliphatic carbocycles. The van der Waals surface area contributed by atoms with Gasteiger partial charge in [-0.25, -0.2) is 0 Å². The van der Waals surface area contributed by atoms with Crippen molar-refractivity contribution < 1.29 is 0 Å². The molecule has 0 amide bonds. The number of benzene rings is 2. The van der Waals surface area contributed by atoms with Crippen LogP contribution in [0.5, 0.6) is 0 Å². The van der Waals surface area contributed by atoms with Crippen molar-refractivity contribution in [3.63, 3.8) is 0 Å². The SMILES string of the molecule is CCC(c1ccccc1)c1ccc(C(C)(C)C)c(C(C)(C)C)c1C(C)(C)C. The Labute approximate surface area is 168 Å². The second kappa shape index (κ2) is 7.46. The topological polar surface area (TPSA) is 0 Å². The maximum Gasteiger partial charge on any atom is 0.00897 e. The molecule has 0 aromatic heterocycles. The highest BCUT2D eigenvalue weighted by Gasteiger charge is 2.34. The summed E-state index contributed by atoms with van der Waals surface area (Å²) >= 11 is 0. The first-order chi connectivity index (χ1) is 12.3. The van der Waals surface area contributed by atoms with Gasteiger partial charge in [-0.1, -0.05) is 112 Å². The summed E-state index contributed by atoms with van der Waals surface area (Å²) in [6.07, 6.45) is 1.12. The van der Waals surface area contributed by atoms with Crippen LogP contribution in [0.4, 0.5) is 0 Å². The van der Waals surface area contributed by atoms with Crippen molar-refractivity contribution >= 4 is 0 Å². The fourth-order valence-corrected chi connectivity index (χ4v) is 4.44. The number of hydrogen-bond donors (Lipinski definition) is 0. The minimum atomic E-state index is 0.0986. The lowest BCUT2D eigenvalue weighted by atomic mass is 9.65. The lowest BCUT2D eigenvalue weighted by Crippen LogP contribution is -2.30. The Morgan fingerprint density at radius 1 is 0.630 bits per heavy atom. The summed E-state index contributed by atoms with van der Waals surface area (Å²) in [5.74, 6) is 0.440. The minimum absolute atomic E-state index is 0.0986. The van der Waals surface area contributed by atoms with Gasteiger partial charge in [-0.2, -0.15) is 0 Å². The smallest absolute Gasteiger partial charge is 0.00897 e. The van der Waals surface area contributed by atoms with Crippen molar-refractivity contribution in [1.29, 1.82) is 0 Å². The van der Waals surface area contributed by atoms with Crippen molar-refractivity contribution in [3.8, 4) is 0 Å². The van der Waals surface area contributed by atoms with Gasteiger partial charge in [-0.05, 0) is 50.5 Å². The fourth-order valence-electron chi connectivity index (χ4n) is 4.44. The van der Waals surface area contributed by atoms with Crippen LogP contribution in [0.25, 0.3) is 0 Å². The summed E-state index contributed by atoms with van der Waals surface area (Å²) in [6, 6.07) is 15.9. The zero-order valence-corrected chi connectivity index (χ0v) is 19.3. The average molecular weight is 365 g/mol. The predicted octanol–water partition coefficient (Wildman–Crippen LogP) is 8.12. The Hall–Kier alpha value is -1.56. The quantitative estimate of drug-likeness (QED) is 0.516. The molecule has 0 nitrogen and oxygen atoms in total. The molecule has 0 radical (unpaired) electrons. The highest BCUT2D eigenvalue weighted by atomic mass is 14.4. The van der Waals surface area contributed by atoms with Gasteiger partial charge < -0.3 is 0 Å². The molecule has 0 heterocycles. The van der Waals surface area contributed by atoms with E-state index in [1.807, 2.05) is 0 Å². The van der Waals surface area contributed by atoms with E-state index in [0.29, 0.717) is 5.92 Å². The van der Waals surface area contributed by atoms with Gasteiger partial charge in [0.15, 0.2) is 0 Å². The van der Waals surface area contributed by atoms with E-state index >= 15 is 0 Å². The number of rotatable bonds is 3. The lowest BCUT2D eigenvalue weighted by Gasteiger charge is -2.39. The molecule has 148 valence electrons. The van der Waals surface area contributed by atoms with Gasteiger partial charge in [0, 0.05) is 5.92 Å². The van der Waals surface area contributed by atoms with Crippen LogP contribution in [0.2, 0.25) is 0 Å². The minimum Gasteiger partial charge on any atom is -0.0645 e. The van der Waals surface area contributed by atoms with Gasteiger partial charge in [0.05, 0.1) is 0 Å². The van der Waals surface area contributed by atoms with Crippen LogP contribution in [0, 0.1) is 0 Å². The first kappa shape index (κ1) is 21.7. The van der Waals surface area contributed by atoms with Gasteiger partial charge in [-0.15, -0.1) is 0 Å². The summed E-state index contributed by atoms with van der Waals surface area (Å²) in [7, 11) is 0. The van der Waals surface area contributed by atoms with E-state index in [0.717, 1.165) is 6.42 Å². The maximum atomic E-state index is 2.43. The molecule has 2 aromatic carbocycles. The Bertz CT molecular complexity index is 759. The summed E-state index contributed by atoms with van der Waals surface area (Å²) < 4.78 is 0. The van der Waals surface area contributed by atoms with E-state index in [-0.39, 0.29) is 16.2 Å². The zero-order valence-electron chi connectivity index (χ0n) is 19.3. The third-order valence-electron chi connectivity index (χ3n) is 5.53. The van der Waals surface area contributed by atoms with Crippen LogP contribution < -0.4 is 0 Å². The van der Waals surface area contributed by atoms with Gasteiger partial charge in [0.1, 0.15) is 0 Å². The third kappa shape index (κ3) is 4.65. The van der Waals surface area contributed by atoms with Crippen molar-refractivity contribution in [1.82, 2.24) is 0 Å². The Morgan fingerprint density at radius 3 is 1.56 bits per heavy atom. The van der Waals surface area contributed by atoms with Crippen LogP contribution in [0.3, 0.4) is 0 Å². The average Bonchev–Trinajstić information content (AvgIpc) is 2.53. The standard InChI is InChI=1S/C27H40/c1-11-20(19-15-13-12-14-16-19)21-17-18-22(25(2,3)4)24(27(8,9)10)23(21)26(5,6)7/h12-18,20H,11H2,1-10H3. The molecular formula is C27H40. The highest BCUT2D eigenvalue weighted by molar-refractivity contribution is 5.53. The third-order valence-corrected chi connectivity index (χ3v) is 5.53. The van der Waals surface area contributed by atoms with E-state index in [1.54, 1.807) is 11.1 Å². The van der Waals surface area contributed by atoms with Gasteiger partial charge in [0.2, 0.25) is 0 Å². The molecule has 0 spiro atoms. The second-order valence-corrected chi connectivity index (χ2v) is 11.1. The first-order valence-electron chi connectivity index (χ1n) is 10.5. The van der Waals surface area contributed by atoms with Crippen LogP contribution in [0.1, 0.15) is 109 Å². The molecule has 0 aliphatic rings. The second-order valence-electron chi connectivity index (χ2n) is 11.1. The van der Waals surface area contributed by atoms with E-state index in [4.69, 9.17) is 0 Å². The molecule has 0 heteroatoms. The molecule has 0 fully saturated rings. The van der Waals surface area contributed by atoms with Crippen molar-refractivity contribution in [3.05, 3.63) is 70.3 Å². The molecule has 1 atom stereocenters. The lowest BCUT2D eigenvalue weighted by molar-refractivity contribution is 0.491. The zero-order chi connectivity index (χ0) is 20.6. The summed E-state index contributed by atoms with van der Waals surface area (Å²) in [6.45, 7) is 23.6. The largest absolute Gasteiger partial charge is 0.0645 e. The molecule has 1 unspecified atom stereocenters. The Kier molecular flexibility index (Phi) is 6.00. The van der Waals surface area contributed by atoms with Crippen LogP contribution in [0.15, 0.2) is 42.5 Å². The van der Waals surface area contributed by atoms with E-state index < -0.39 is 0 Å². The van der Waals surface area contributed by atoms with Gasteiger partial charge in [-0.3, -0.25) is 0 Å². The normalized spacial score (nSPS) is 14.3. The first-order valence-corrected chi connectivity index (χ1v) is 10.5. The van der Waals surface area contributed by atoms with Gasteiger partial charge in [0.25, 0.3) is 0 Å². The van der Waals surface area contributed by atoms with E-state index in [9.17, 15) is 0 Å². The monoisotopic (exact) mass is 364 g/mol. The van der Waals surface area contributed by atoms with Crippen LogP contribution in [-0.2, 0) is 16.2 Å². The van der Waals surface area contributed by atoms with Crippen LogP contribution >= 0.6 is 0 Å². The molecule has 0 N–H and O–H groups in total. The van der Waals surface area contributed by atoms with Crippen molar-refractivity contribution in [2.75, 3.05) is 0 Å². The summed E-state index contributed by atoms with van der Waals surface area (Å²) in [5.41, 5.74) is 7.87. The molecule has 2 aromatic rings. The van der Waals surface area contributed by atoms with Gasteiger partial charge >= 0.3 is 0 Å². The molecule has 0 bridgehead atoms. The maximum absolute atomic E-state index is 2.43. The fraction of sp³-hybridized carbons (Fsp3) is 0.556. The molecular weight excluding hydrogens is 324 g/mol. The summed E-state index contributed by atoms with van der Waals surface area (Å²) in [5, 5.41) is 0. The van der Waals surface area contributed by atoms with Crippen LogP contribution in [-0.4, -0.2) is 0 Å². The highest BCUT2D eigenvalue weighted by Crippen LogP contribution is 2.45. The predicted molar refractivity (Wildman–Crippen MR) is 121 cm³/mol. The van der Waals surface area contributed by atoms with Crippen molar-refractivity contribution in [2.45, 2.75) is 97.8 Å². The van der Waals surface area contributed by atoms with E-state index in [2.05, 4.69) is 112 Å². The van der Waals surface area contributed by atoms with E-state index in [1.165, 1.54) is 16.7 Å². The molecule has 27 heavy (non-hydrogen) atoms. The Morgan fingerprint density at radius 2 is 1.15 bits per heavy atom. The molecule has 0 aliphatic heterocycles. The van der Waals surface area contributed by atoms with Crippen molar-refractivity contribution in [2.24, 2.45) is 0 Å². The molecule has 0 saturated heterocycles. The molecule has 2 rings (SSSR count).